The highest BCUT2D eigenvalue weighted by molar-refractivity contribution is 6.21. The Bertz CT molecular complexity index is 1030. The molecule has 0 aliphatic carbocycles. The molecule has 0 aromatic heterocycles. The molecule has 0 saturated carbocycles. The lowest BCUT2D eigenvalue weighted by Gasteiger charge is -2.53. The number of carbonyl (C=O) groups is 3. The van der Waals surface area contributed by atoms with Gasteiger partial charge in [0.05, 0.1) is 37.5 Å². The standard InChI is InChI=1S/C24H24N2O7/c1-23-13-31-24(32-14-23,33-15-23)19(25-22(29)30-12-16-7-3-2-4-8-16)11-26-20(27)17-9-5-6-10-18(17)21(26)28/h2-10,19H,11-15H2,1H3,(H,25,29)/t19-,23?,24?/m0/s1. The Hall–Kier alpha value is -3.27. The Morgan fingerprint density at radius 2 is 1.52 bits per heavy atom. The first-order valence-electron chi connectivity index (χ1n) is 10.7. The number of nitrogens with zero attached hydrogens (tertiary/aromatic N) is 1. The maximum absolute atomic E-state index is 12.9. The predicted octanol–water partition coefficient (Wildman–Crippen LogP) is 2.31. The molecule has 9 heteroatoms. The van der Waals surface area contributed by atoms with E-state index in [1.807, 2.05) is 37.3 Å². The lowest BCUT2D eigenvalue weighted by Crippen LogP contribution is -2.69. The van der Waals surface area contributed by atoms with Crippen LogP contribution < -0.4 is 5.32 Å². The fraction of sp³-hybridized carbons (Fsp3) is 0.375. The Balaban J connectivity index is 1.35. The van der Waals surface area contributed by atoms with E-state index in [9.17, 15) is 14.4 Å². The monoisotopic (exact) mass is 452 g/mol. The molecule has 4 heterocycles. The third-order valence-electron chi connectivity index (χ3n) is 6.04. The molecule has 0 unspecified atom stereocenters. The van der Waals surface area contributed by atoms with Gasteiger partial charge in [-0.1, -0.05) is 49.4 Å². The number of hydrogen-bond donors (Lipinski definition) is 1. The number of rotatable bonds is 6. The fourth-order valence-electron chi connectivity index (χ4n) is 4.12. The molecule has 172 valence electrons. The normalized spacial score (nSPS) is 26.8. The van der Waals surface area contributed by atoms with Crippen LogP contribution in [-0.2, 0) is 25.6 Å². The molecule has 2 aromatic rings. The van der Waals surface area contributed by atoms with Crippen LogP contribution in [0.2, 0.25) is 0 Å². The van der Waals surface area contributed by atoms with Crippen LogP contribution in [0.4, 0.5) is 4.79 Å². The second-order valence-electron chi connectivity index (χ2n) is 8.81. The van der Waals surface area contributed by atoms with Crippen LogP contribution in [0, 0.1) is 5.41 Å². The van der Waals surface area contributed by atoms with Gasteiger partial charge in [0, 0.05) is 5.41 Å². The number of carbonyl (C=O) groups excluding carboxylic acids is 3. The Morgan fingerprint density at radius 1 is 0.970 bits per heavy atom. The predicted molar refractivity (Wildman–Crippen MR) is 114 cm³/mol. The van der Waals surface area contributed by atoms with E-state index in [1.54, 1.807) is 24.3 Å². The van der Waals surface area contributed by atoms with Crippen LogP contribution in [0.3, 0.4) is 0 Å². The molecule has 3 amide bonds. The molecule has 9 nitrogen and oxygen atoms in total. The van der Waals surface area contributed by atoms with Crippen LogP contribution >= 0.6 is 0 Å². The second kappa shape index (κ2) is 8.26. The molecular weight excluding hydrogens is 428 g/mol. The summed E-state index contributed by atoms with van der Waals surface area (Å²) in [6.07, 6.45) is -0.746. The van der Waals surface area contributed by atoms with Crippen molar-refractivity contribution in [3.8, 4) is 0 Å². The number of alkyl carbamates (subject to hydrolysis) is 1. The van der Waals surface area contributed by atoms with Gasteiger partial charge in [-0.3, -0.25) is 14.5 Å². The number of ether oxygens (including phenoxy) is 4. The Morgan fingerprint density at radius 3 is 2.09 bits per heavy atom. The van der Waals surface area contributed by atoms with Gasteiger partial charge in [-0.05, 0) is 17.7 Å². The number of fused-ring (bicyclic) bond motifs is 4. The van der Waals surface area contributed by atoms with E-state index in [0.717, 1.165) is 10.5 Å². The third-order valence-corrected chi connectivity index (χ3v) is 6.04. The van der Waals surface area contributed by atoms with Crippen LogP contribution in [0.25, 0.3) is 0 Å². The number of hydrogen-bond acceptors (Lipinski definition) is 7. The summed E-state index contributed by atoms with van der Waals surface area (Å²) in [6.45, 7) is 2.88. The van der Waals surface area contributed by atoms with Gasteiger partial charge < -0.3 is 24.3 Å². The molecule has 1 N–H and O–H groups in total. The summed E-state index contributed by atoms with van der Waals surface area (Å²) < 4.78 is 23.0. The molecule has 3 fully saturated rings. The zero-order valence-electron chi connectivity index (χ0n) is 18.1. The maximum Gasteiger partial charge on any atom is 0.408 e. The van der Waals surface area contributed by atoms with Crippen molar-refractivity contribution in [3.63, 3.8) is 0 Å². The SMILES string of the molecule is CC12COC([C@H](CN3C(=O)c4ccccc4C3=O)NC(=O)OCc3ccccc3)(OC1)OC2. The van der Waals surface area contributed by atoms with Crippen molar-refractivity contribution in [2.75, 3.05) is 26.4 Å². The van der Waals surface area contributed by atoms with E-state index in [-0.39, 0.29) is 18.6 Å². The summed E-state index contributed by atoms with van der Waals surface area (Å²) in [4.78, 5) is 39.6. The van der Waals surface area contributed by atoms with Crippen molar-refractivity contribution in [2.24, 2.45) is 5.41 Å². The minimum absolute atomic E-state index is 0.0556. The van der Waals surface area contributed by atoms with Crippen molar-refractivity contribution < 1.29 is 33.3 Å². The van der Waals surface area contributed by atoms with E-state index in [0.29, 0.717) is 30.9 Å². The number of amides is 3. The van der Waals surface area contributed by atoms with E-state index in [2.05, 4.69) is 5.32 Å². The summed E-state index contributed by atoms with van der Waals surface area (Å²) in [5.74, 6) is -2.53. The van der Waals surface area contributed by atoms with Gasteiger partial charge >= 0.3 is 12.1 Å². The molecule has 0 spiro atoms. The van der Waals surface area contributed by atoms with Crippen LogP contribution in [0.5, 0.6) is 0 Å². The largest absolute Gasteiger partial charge is 0.445 e. The van der Waals surface area contributed by atoms with E-state index in [4.69, 9.17) is 18.9 Å². The summed E-state index contributed by atoms with van der Waals surface area (Å²) in [7, 11) is 0. The highest BCUT2D eigenvalue weighted by Gasteiger charge is 2.57. The first-order valence-corrected chi connectivity index (χ1v) is 10.7. The zero-order valence-corrected chi connectivity index (χ0v) is 18.1. The van der Waals surface area contributed by atoms with Gasteiger partial charge in [-0.25, -0.2) is 4.79 Å². The summed E-state index contributed by atoms with van der Waals surface area (Å²) in [6, 6.07) is 14.8. The number of nitrogens with one attached hydrogen (secondary N) is 1. The first kappa shape index (κ1) is 21.6. The number of imide groups is 1. The molecule has 0 radical (unpaired) electrons. The van der Waals surface area contributed by atoms with Crippen LogP contribution in [0.1, 0.15) is 33.2 Å². The Kier molecular flexibility index (Phi) is 5.40. The van der Waals surface area contributed by atoms with E-state index in [1.165, 1.54) is 0 Å². The Labute approximate surface area is 190 Å². The molecule has 4 aliphatic heterocycles. The second-order valence-corrected chi connectivity index (χ2v) is 8.81. The average molecular weight is 452 g/mol. The number of benzene rings is 2. The molecule has 3 saturated heterocycles. The molecule has 33 heavy (non-hydrogen) atoms. The molecule has 2 bridgehead atoms. The smallest absolute Gasteiger partial charge is 0.408 e. The van der Waals surface area contributed by atoms with Crippen molar-refractivity contribution in [2.45, 2.75) is 25.5 Å². The zero-order chi connectivity index (χ0) is 23.1. The minimum Gasteiger partial charge on any atom is -0.445 e. The van der Waals surface area contributed by atoms with E-state index >= 15 is 0 Å². The molecular formula is C24H24N2O7. The molecule has 2 aromatic carbocycles. The van der Waals surface area contributed by atoms with Gasteiger partial charge in [-0.2, -0.15) is 0 Å². The first-order chi connectivity index (χ1) is 15.9. The highest BCUT2D eigenvalue weighted by atomic mass is 16.9. The topological polar surface area (TPSA) is 103 Å². The molecule has 1 atom stereocenters. The van der Waals surface area contributed by atoms with Gasteiger partial charge in [-0.15, -0.1) is 0 Å². The van der Waals surface area contributed by atoms with Crippen LogP contribution in [0.15, 0.2) is 54.6 Å². The summed E-state index contributed by atoms with van der Waals surface area (Å²) in [5, 5.41) is 2.70. The quantitative estimate of drug-likeness (QED) is 0.671. The van der Waals surface area contributed by atoms with E-state index < -0.39 is 29.9 Å². The highest BCUT2D eigenvalue weighted by Crippen LogP contribution is 2.40. The minimum atomic E-state index is -1.63. The summed E-state index contributed by atoms with van der Waals surface area (Å²) >= 11 is 0. The lowest BCUT2D eigenvalue weighted by molar-refractivity contribution is -0.473. The average Bonchev–Trinajstić information content (AvgIpc) is 3.09. The van der Waals surface area contributed by atoms with Gasteiger partial charge in [0.1, 0.15) is 12.6 Å². The van der Waals surface area contributed by atoms with Crippen molar-refractivity contribution in [1.29, 1.82) is 0 Å². The van der Waals surface area contributed by atoms with Gasteiger partial charge in [0.15, 0.2) is 0 Å². The lowest BCUT2D eigenvalue weighted by atomic mass is 9.91. The van der Waals surface area contributed by atoms with Gasteiger partial charge in [0.25, 0.3) is 11.8 Å². The third kappa shape index (κ3) is 3.99. The van der Waals surface area contributed by atoms with Gasteiger partial charge in [0.2, 0.25) is 0 Å². The summed E-state index contributed by atoms with van der Waals surface area (Å²) in [5.41, 5.74) is 1.15. The van der Waals surface area contributed by atoms with Crippen molar-refractivity contribution >= 4 is 17.9 Å². The maximum atomic E-state index is 12.9. The molecule has 6 rings (SSSR count). The fourth-order valence-corrected chi connectivity index (χ4v) is 4.12. The van der Waals surface area contributed by atoms with Crippen molar-refractivity contribution in [1.82, 2.24) is 10.2 Å². The molecule has 4 aliphatic rings. The van der Waals surface area contributed by atoms with Crippen LogP contribution in [-0.4, -0.2) is 61.2 Å². The van der Waals surface area contributed by atoms with Crippen molar-refractivity contribution in [3.05, 3.63) is 71.3 Å².